The Morgan fingerprint density at radius 3 is 2.78 bits per heavy atom. The molecule has 18 heavy (non-hydrogen) atoms. The van der Waals surface area contributed by atoms with Gasteiger partial charge >= 0.3 is 5.97 Å². The molecule has 0 aliphatic carbocycles. The predicted octanol–water partition coefficient (Wildman–Crippen LogP) is 1.70. The summed E-state index contributed by atoms with van der Waals surface area (Å²) in [7, 11) is 1.86. The Labute approximate surface area is 107 Å². The molecule has 5 nitrogen and oxygen atoms in total. The number of nitrogens with zero attached hydrogens (tertiary/aromatic N) is 1. The van der Waals surface area contributed by atoms with Gasteiger partial charge in [-0.05, 0) is 31.7 Å². The van der Waals surface area contributed by atoms with Crippen molar-refractivity contribution in [2.45, 2.75) is 19.9 Å². The van der Waals surface area contributed by atoms with E-state index in [0.29, 0.717) is 25.4 Å². The molecule has 0 fully saturated rings. The molecule has 2 N–H and O–H groups in total. The third-order valence-electron chi connectivity index (χ3n) is 2.48. The van der Waals surface area contributed by atoms with Gasteiger partial charge in [-0.15, -0.1) is 0 Å². The first-order valence-electron chi connectivity index (χ1n) is 5.88. The maximum absolute atomic E-state index is 10.5. The molecule has 0 saturated heterocycles. The summed E-state index contributed by atoms with van der Waals surface area (Å²) in [5.41, 5.74) is 0.976. The molecular formula is C13H19NO4. The number of hydrogen-bond acceptors (Lipinski definition) is 4. The molecule has 0 saturated carbocycles. The van der Waals surface area contributed by atoms with Crippen molar-refractivity contribution in [1.29, 1.82) is 0 Å². The minimum absolute atomic E-state index is 0.118. The van der Waals surface area contributed by atoms with Crippen LogP contribution in [-0.4, -0.2) is 41.3 Å². The highest BCUT2D eigenvalue weighted by atomic mass is 16.5. The molecule has 0 aliphatic rings. The van der Waals surface area contributed by atoms with Gasteiger partial charge in [0.2, 0.25) is 0 Å². The van der Waals surface area contributed by atoms with Gasteiger partial charge in [0.05, 0.1) is 13.0 Å². The van der Waals surface area contributed by atoms with Crippen LogP contribution in [0.5, 0.6) is 11.5 Å². The fraction of sp³-hybridized carbons (Fsp3) is 0.462. The minimum Gasteiger partial charge on any atom is -0.504 e. The fourth-order valence-electron chi connectivity index (χ4n) is 1.61. The van der Waals surface area contributed by atoms with E-state index in [2.05, 4.69) is 0 Å². The Balaban J connectivity index is 2.61. The van der Waals surface area contributed by atoms with Crippen LogP contribution in [0.3, 0.4) is 0 Å². The predicted molar refractivity (Wildman–Crippen MR) is 67.9 cm³/mol. The van der Waals surface area contributed by atoms with Crippen LogP contribution in [0.2, 0.25) is 0 Å². The highest BCUT2D eigenvalue weighted by Gasteiger charge is 2.07. The van der Waals surface area contributed by atoms with E-state index in [1.54, 1.807) is 18.2 Å². The smallest absolute Gasteiger partial charge is 0.304 e. The van der Waals surface area contributed by atoms with Gasteiger partial charge in [-0.25, -0.2) is 0 Å². The second kappa shape index (κ2) is 6.86. The zero-order chi connectivity index (χ0) is 13.5. The summed E-state index contributed by atoms with van der Waals surface area (Å²) < 4.78 is 5.29. The summed E-state index contributed by atoms with van der Waals surface area (Å²) in [5, 5.41) is 18.2. The van der Waals surface area contributed by atoms with Crippen molar-refractivity contribution in [2.24, 2.45) is 0 Å². The fourth-order valence-corrected chi connectivity index (χ4v) is 1.61. The maximum Gasteiger partial charge on any atom is 0.304 e. The molecule has 0 heterocycles. The number of phenols is 1. The number of ether oxygens (including phenoxy) is 1. The summed E-state index contributed by atoms with van der Waals surface area (Å²) >= 11 is 0. The summed E-state index contributed by atoms with van der Waals surface area (Å²) in [6.45, 7) is 3.45. The molecule has 0 amide bonds. The topological polar surface area (TPSA) is 70.0 Å². The Morgan fingerprint density at radius 1 is 1.44 bits per heavy atom. The van der Waals surface area contributed by atoms with E-state index in [0.717, 1.165) is 5.56 Å². The molecule has 0 spiro atoms. The van der Waals surface area contributed by atoms with Gasteiger partial charge in [-0.1, -0.05) is 6.07 Å². The van der Waals surface area contributed by atoms with Crippen molar-refractivity contribution in [1.82, 2.24) is 4.90 Å². The number of hydrogen-bond donors (Lipinski definition) is 2. The van der Waals surface area contributed by atoms with Crippen molar-refractivity contribution < 1.29 is 19.7 Å². The lowest BCUT2D eigenvalue weighted by Crippen LogP contribution is -2.21. The quantitative estimate of drug-likeness (QED) is 0.774. The lowest BCUT2D eigenvalue weighted by atomic mass is 10.2. The summed E-state index contributed by atoms with van der Waals surface area (Å²) in [4.78, 5) is 12.4. The van der Waals surface area contributed by atoms with Gasteiger partial charge in [0, 0.05) is 13.1 Å². The highest BCUT2D eigenvalue weighted by molar-refractivity contribution is 5.66. The summed E-state index contributed by atoms with van der Waals surface area (Å²) in [6, 6.07) is 5.16. The Hall–Kier alpha value is -1.75. The number of benzene rings is 1. The van der Waals surface area contributed by atoms with Crippen molar-refractivity contribution in [3.05, 3.63) is 23.8 Å². The van der Waals surface area contributed by atoms with Gasteiger partial charge in [-0.3, -0.25) is 4.79 Å². The van der Waals surface area contributed by atoms with Crippen LogP contribution >= 0.6 is 0 Å². The molecule has 1 aromatic rings. The van der Waals surface area contributed by atoms with Gasteiger partial charge in [-0.2, -0.15) is 0 Å². The Morgan fingerprint density at radius 2 is 2.17 bits per heavy atom. The molecule has 5 heteroatoms. The zero-order valence-corrected chi connectivity index (χ0v) is 10.7. The van der Waals surface area contributed by atoms with Crippen LogP contribution in [0.4, 0.5) is 0 Å². The lowest BCUT2D eigenvalue weighted by Gasteiger charge is -2.16. The number of rotatable bonds is 7. The van der Waals surface area contributed by atoms with Crippen LogP contribution < -0.4 is 4.74 Å². The van der Waals surface area contributed by atoms with Crippen molar-refractivity contribution >= 4 is 5.97 Å². The molecule has 0 aliphatic heterocycles. The van der Waals surface area contributed by atoms with Gasteiger partial charge < -0.3 is 19.8 Å². The van der Waals surface area contributed by atoms with Gasteiger partial charge in [0.25, 0.3) is 0 Å². The van der Waals surface area contributed by atoms with E-state index >= 15 is 0 Å². The van der Waals surface area contributed by atoms with Gasteiger partial charge in [0.15, 0.2) is 11.5 Å². The first kappa shape index (κ1) is 14.3. The molecule has 0 bridgehead atoms. The molecule has 100 valence electrons. The van der Waals surface area contributed by atoms with E-state index in [1.807, 2.05) is 18.9 Å². The molecule has 1 aromatic carbocycles. The first-order valence-corrected chi connectivity index (χ1v) is 5.88. The van der Waals surface area contributed by atoms with Crippen LogP contribution in [0.25, 0.3) is 0 Å². The Bertz CT molecular complexity index is 406. The van der Waals surface area contributed by atoms with Crippen LogP contribution in [-0.2, 0) is 11.3 Å². The van der Waals surface area contributed by atoms with Crippen molar-refractivity contribution in [3.8, 4) is 11.5 Å². The highest BCUT2D eigenvalue weighted by Crippen LogP contribution is 2.27. The van der Waals surface area contributed by atoms with E-state index in [4.69, 9.17) is 9.84 Å². The van der Waals surface area contributed by atoms with Crippen LogP contribution in [0.1, 0.15) is 18.9 Å². The van der Waals surface area contributed by atoms with E-state index < -0.39 is 5.97 Å². The number of carboxylic acids is 1. The number of carboxylic acid groups (broad SMARTS) is 1. The number of carbonyl (C=O) groups is 1. The third-order valence-corrected chi connectivity index (χ3v) is 2.48. The third kappa shape index (κ3) is 4.63. The largest absolute Gasteiger partial charge is 0.504 e. The summed E-state index contributed by atoms with van der Waals surface area (Å²) in [6.07, 6.45) is 0.118. The zero-order valence-electron chi connectivity index (χ0n) is 10.7. The first-order chi connectivity index (χ1) is 8.52. The normalized spacial score (nSPS) is 10.6. The van der Waals surface area contributed by atoms with E-state index in [-0.39, 0.29) is 12.2 Å². The number of phenolic OH excluding ortho intramolecular Hbond substituents is 1. The van der Waals surface area contributed by atoms with E-state index in [1.165, 1.54) is 0 Å². The average Bonchev–Trinajstić information content (AvgIpc) is 2.31. The summed E-state index contributed by atoms with van der Waals surface area (Å²) in [5.74, 6) is -0.224. The van der Waals surface area contributed by atoms with Crippen LogP contribution in [0.15, 0.2) is 18.2 Å². The van der Waals surface area contributed by atoms with Crippen molar-refractivity contribution in [3.63, 3.8) is 0 Å². The maximum atomic E-state index is 10.5. The molecular weight excluding hydrogens is 234 g/mol. The van der Waals surface area contributed by atoms with Gasteiger partial charge in [0.1, 0.15) is 0 Å². The Kier molecular flexibility index (Phi) is 5.45. The monoisotopic (exact) mass is 253 g/mol. The number of aliphatic carboxylic acids is 1. The molecule has 0 unspecified atom stereocenters. The van der Waals surface area contributed by atoms with E-state index in [9.17, 15) is 9.90 Å². The van der Waals surface area contributed by atoms with Crippen LogP contribution in [0, 0.1) is 0 Å². The lowest BCUT2D eigenvalue weighted by molar-refractivity contribution is -0.137. The molecule has 0 radical (unpaired) electrons. The van der Waals surface area contributed by atoms with Crippen molar-refractivity contribution in [2.75, 3.05) is 20.2 Å². The average molecular weight is 253 g/mol. The molecule has 1 rings (SSSR count). The minimum atomic E-state index is -0.803. The SMILES string of the molecule is CCOc1cc(CN(C)CCC(=O)O)ccc1O. The molecule has 0 atom stereocenters. The second-order valence-electron chi connectivity index (χ2n) is 4.12. The second-order valence-corrected chi connectivity index (χ2v) is 4.12. The number of aromatic hydroxyl groups is 1. The standard InChI is InChI=1S/C13H19NO4/c1-3-18-12-8-10(4-5-11(12)15)9-14(2)7-6-13(16)17/h4-5,8,15H,3,6-7,9H2,1-2H3,(H,16,17). The molecule has 0 aromatic heterocycles.